The van der Waals surface area contributed by atoms with E-state index in [2.05, 4.69) is 15.9 Å². The van der Waals surface area contributed by atoms with Gasteiger partial charge in [-0.25, -0.2) is 21.9 Å². The van der Waals surface area contributed by atoms with E-state index in [1.54, 1.807) is 19.1 Å². The lowest BCUT2D eigenvalue weighted by Crippen LogP contribution is -2.41. The van der Waals surface area contributed by atoms with Crippen LogP contribution in [0.5, 0.6) is 0 Å². The second-order valence-corrected chi connectivity index (χ2v) is 6.45. The molecule has 0 bridgehead atoms. The van der Waals surface area contributed by atoms with Crippen molar-refractivity contribution >= 4 is 38.4 Å². The van der Waals surface area contributed by atoms with Crippen LogP contribution >= 0.6 is 28.3 Å². The van der Waals surface area contributed by atoms with Gasteiger partial charge >= 0.3 is 0 Å². The quantitative estimate of drug-likeness (QED) is 0.822. The summed E-state index contributed by atoms with van der Waals surface area (Å²) in [5, 5.41) is 0. The van der Waals surface area contributed by atoms with E-state index in [1.807, 2.05) is 4.72 Å². The normalized spacial score (nSPS) is 12.1. The van der Waals surface area contributed by atoms with Crippen LogP contribution in [0.3, 0.4) is 0 Å². The first-order chi connectivity index (χ1) is 8.18. The largest absolute Gasteiger partial charge is 0.325 e. The second-order valence-electron chi connectivity index (χ2n) is 3.79. The molecule has 0 aliphatic rings. The fourth-order valence-electron chi connectivity index (χ4n) is 1.21. The number of nitrogens with two attached hydrogens (primary N) is 1. The third-order valence-electron chi connectivity index (χ3n) is 2.26. The highest BCUT2D eigenvalue weighted by atomic mass is 79.9. The standard InChI is InChI=1S/C10H13BrF2N2O2S.ClH/c1-7-2-3-8(11)4-9(7)18(16,17)15-6-10(12,13)5-14;/h2-4,15H,5-6,14H2,1H3;1H. The summed E-state index contributed by atoms with van der Waals surface area (Å²) in [5.74, 6) is -3.26. The average molecular weight is 380 g/mol. The second kappa shape index (κ2) is 6.94. The van der Waals surface area contributed by atoms with Crippen LogP contribution in [0, 0.1) is 6.92 Å². The molecule has 0 radical (unpaired) electrons. The number of rotatable bonds is 5. The predicted molar refractivity (Wildman–Crippen MR) is 75.3 cm³/mol. The lowest BCUT2D eigenvalue weighted by Gasteiger charge is -2.15. The van der Waals surface area contributed by atoms with Crippen LogP contribution < -0.4 is 10.5 Å². The Hall–Kier alpha value is -0.280. The molecule has 4 nitrogen and oxygen atoms in total. The SMILES string of the molecule is Cc1ccc(Br)cc1S(=O)(=O)NCC(F)(F)CN.Cl. The number of sulfonamides is 1. The van der Waals surface area contributed by atoms with Gasteiger partial charge < -0.3 is 5.73 Å². The third-order valence-corrected chi connectivity index (χ3v) is 4.30. The van der Waals surface area contributed by atoms with E-state index in [0.717, 1.165) is 0 Å². The molecule has 9 heteroatoms. The number of hydrogen-bond acceptors (Lipinski definition) is 3. The minimum atomic E-state index is -3.97. The van der Waals surface area contributed by atoms with Crippen LogP contribution in [0.2, 0.25) is 0 Å². The van der Waals surface area contributed by atoms with Crippen molar-refractivity contribution in [1.29, 1.82) is 0 Å². The van der Waals surface area contributed by atoms with E-state index in [4.69, 9.17) is 5.73 Å². The van der Waals surface area contributed by atoms with Gasteiger partial charge in [-0.3, -0.25) is 0 Å². The summed E-state index contributed by atoms with van der Waals surface area (Å²) in [6.07, 6.45) is 0. The molecule has 0 saturated carbocycles. The summed E-state index contributed by atoms with van der Waals surface area (Å²) >= 11 is 3.13. The molecule has 1 rings (SSSR count). The van der Waals surface area contributed by atoms with Gasteiger partial charge in [0.05, 0.1) is 18.0 Å². The molecule has 0 unspecified atom stereocenters. The maximum absolute atomic E-state index is 12.9. The van der Waals surface area contributed by atoms with Crippen molar-refractivity contribution in [2.24, 2.45) is 5.73 Å². The Morgan fingerprint density at radius 2 is 2.00 bits per heavy atom. The molecule has 1 aromatic carbocycles. The van der Waals surface area contributed by atoms with E-state index < -0.39 is 29.0 Å². The van der Waals surface area contributed by atoms with Crippen LogP contribution in [-0.2, 0) is 10.0 Å². The molecule has 0 heterocycles. The number of hydrogen-bond donors (Lipinski definition) is 2. The van der Waals surface area contributed by atoms with Gasteiger partial charge in [-0.05, 0) is 24.6 Å². The highest BCUT2D eigenvalue weighted by Crippen LogP contribution is 2.21. The van der Waals surface area contributed by atoms with Gasteiger partial charge in [0.15, 0.2) is 0 Å². The number of benzene rings is 1. The fraction of sp³-hybridized carbons (Fsp3) is 0.400. The molecule has 0 fully saturated rings. The molecule has 110 valence electrons. The molecule has 3 N–H and O–H groups in total. The summed E-state index contributed by atoms with van der Waals surface area (Å²) in [5.41, 5.74) is 5.31. The summed E-state index contributed by atoms with van der Waals surface area (Å²) in [6, 6.07) is 4.61. The smallest absolute Gasteiger partial charge is 0.273 e. The monoisotopic (exact) mass is 378 g/mol. The Bertz CT molecular complexity index is 540. The molecule has 0 aromatic heterocycles. The zero-order chi connectivity index (χ0) is 14.0. The average Bonchev–Trinajstić information content (AvgIpc) is 2.30. The lowest BCUT2D eigenvalue weighted by atomic mass is 10.2. The highest BCUT2D eigenvalue weighted by Gasteiger charge is 2.29. The van der Waals surface area contributed by atoms with Crippen molar-refractivity contribution < 1.29 is 17.2 Å². The number of alkyl halides is 2. The zero-order valence-electron chi connectivity index (χ0n) is 9.99. The Morgan fingerprint density at radius 3 is 2.53 bits per heavy atom. The fourth-order valence-corrected chi connectivity index (χ4v) is 3.06. The van der Waals surface area contributed by atoms with Crippen LogP contribution in [0.15, 0.2) is 27.6 Å². The molecular weight excluding hydrogens is 366 g/mol. The number of aryl methyl sites for hydroxylation is 1. The topological polar surface area (TPSA) is 72.2 Å². The summed E-state index contributed by atoms with van der Waals surface area (Å²) in [4.78, 5) is -0.0373. The predicted octanol–water partition coefficient (Wildman–Crippen LogP) is 2.05. The molecule has 0 saturated heterocycles. The van der Waals surface area contributed by atoms with Crippen molar-refractivity contribution in [1.82, 2.24) is 4.72 Å². The van der Waals surface area contributed by atoms with Crippen molar-refractivity contribution in [3.63, 3.8) is 0 Å². The van der Waals surface area contributed by atoms with Crippen LogP contribution in [0.25, 0.3) is 0 Å². The molecule has 0 amide bonds. The summed E-state index contributed by atoms with van der Waals surface area (Å²) in [6.45, 7) is -0.340. The van der Waals surface area contributed by atoms with Gasteiger partial charge in [0.25, 0.3) is 5.92 Å². The molecular formula is C10H14BrClF2N2O2S. The zero-order valence-corrected chi connectivity index (χ0v) is 13.2. The minimum Gasteiger partial charge on any atom is -0.325 e. The lowest BCUT2D eigenvalue weighted by molar-refractivity contribution is 0.0170. The Balaban J connectivity index is 0.00000324. The van der Waals surface area contributed by atoms with Gasteiger partial charge in [-0.1, -0.05) is 22.0 Å². The van der Waals surface area contributed by atoms with Crippen molar-refractivity contribution in [2.45, 2.75) is 17.7 Å². The summed E-state index contributed by atoms with van der Waals surface area (Å²) < 4.78 is 52.0. The third kappa shape index (κ3) is 5.31. The molecule has 19 heavy (non-hydrogen) atoms. The van der Waals surface area contributed by atoms with Crippen molar-refractivity contribution in [2.75, 3.05) is 13.1 Å². The van der Waals surface area contributed by atoms with E-state index in [0.29, 0.717) is 10.0 Å². The van der Waals surface area contributed by atoms with E-state index in [-0.39, 0.29) is 17.3 Å². The Morgan fingerprint density at radius 1 is 1.42 bits per heavy atom. The number of nitrogens with one attached hydrogen (secondary N) is 1. The van der Waals surface area contributed by atoms with Gasteiger partial charge in [-0.2, -0.15) is 0 Å². The van der Waals surface area contributed by atoms with E-state index >= 15 is 0 Å². The Kier molecular flexibility index (Phi) is 6.84. The molecule has 0 spiro atoms. The Labute approximate surface area is 125 Å². The maximum Gasteiger partial charge on any atom is 0.273 e. The van der Waals surface area contributed by atoms with Gasteiger partial charge in [0.2, 0.25) is 10.0 Å². The summed E-state index contributed by atoms with van der Waals surface area (Å²) in [7, 11) is -3.97. The highest BCUT2D eigenvalue weighted by molar-refractivity contribution is 9.10. The minimum absolute atomic E-state index is 0. The van der Waals surface area contributed by atoms with Crippen LogP contribution in [-0.4, -0.2) is 27.4 Å². The van der Waals surface area contributed by atoms with Gasteiger partial charge in [0, 0.05) is 4.47 Å². The van der Waals surface area contributed by atoms with Crippen molar-refractivity contribution in [3.05, 3.63) is 28.2 Å². The van der Waals surface area contributed by atoms with Gasteiger partial charge in [-0.15, -0.1) is 12.4 Å². The van der Waals surface area contributed by atoms with Gasteiger partial charge in [0.1, 0.15) is 0 Å². The number of halogens is 4. The maximum atomic E-state index is 12.9. The first-order valence-corrected chi connectivity index (χ1v) is 7.29. The van der Waals surface area contributed by atoms with Crippen LogP contribution in [0.4, 0.5) is 8.78 Å². The van der Waals surface area contributed by atoms with E-state index in [1.165, 1.54) is 6.07 Å². The molecule has 0 atom stereocenters. The first-order valence-electron chi connectivity index (χ1n) is 5.02. The molecule has 0 aliphatic heterocycles. The molecule has 1 aromatic rings. The van der Waals surface area contributed by atoms with E-state index in [9.17, 15) is 17.2 Å². The first kappa shape index (κ1) is 18.7. The van der Waals surface area contributed by atoms with Crippen molar-refractivity contribution in [3.8, 4) is 0 Å². The van der Waals surface area contributed by atoms with Crippen LogP contribution in [0.1, 0.15) is 5.56 Å². The molecule has 0 aliphatic carbocycles.